The maximum Gasteiger partial charge on any atom is 0.416 e. The second-order valence-corrected chi connectivity index (χ2v) is 7.14. The molecule has 0 bridgehead atoms. The fourth-order valence-corrected chi connectivity index (χ4v) is 2.85. The quantitative estimate of drug-likeness (QED) is 0.379. The minimum absolute atomic E-state index is 0.0361. The number of carbonyl (C=O) groups excluding carboxylic acids is 1. The second kappa shape index (κ2) is 9.45. The number of carbonyl (C=O) groups is 1. The first kappa shape index (κ1) is 22.7. The highest BCUT2D eigenvalue weighted by Gasteiger charge is 2.29. The number of aromatic nitrogens is 4. The summed E-state index contributed by atoms with van der Waals surface area (Å²) in [6.07, 6.45) is -4.43. The molecular weight excluding hydrogens is 478 g/mol. The summed E-state index contributed by atoms with van der Waals surface area (Å²) in [6.45, 7) is -0.291. The maximum absolute atomic E-state index is 12.6. The predicted molar refractivity (Wildman–Crippen MR) is 112 cm³/mol. The van der Waals surface area contributed by atoms with Crippen LogP contribution >= 0.6 is 35.4 Å². The molecule has 0 saturated heterocycles. The highest BCUT2D eigenvalue weighted by molar-refractivity contribution is 7.80. The van der Waals surface area contributed by atoms with Crippen molar-refractivity contribution in [3.05, 3.63) is 58.1 Å². The Balaban J connectivity index is 1.51. The van der Waals surface area contributed by atoms with Crippen LogP contribution in [0.5, 0.6) is 0 Å². The van der Waals surface area contributed by atoms with Crippen molar-refractivity contribution in [1.82, 2.24) is 31.1 Å². The molecule has 3 rings (SSSR count). The van der Waals surface area contributed by atoms with E-state index in [2.05, 4.69) is 31.6 Å². The minimum atomic E-state index is -4.43. The van der Waals surface area contributed by atoms with Crippen molar-refractivity contribution in [2.45, 2.75) is 12.7 Å². The van der Waals surface area contributed by atoms with Gasteiger partial charge in [-0.25, -0.2) is 0 Å². The average Bonchev–Trinajstić information content (AvgIpc) is 3.16. The highest BCUT2D eigenvalue weighted by atomic mass is 35.5. The first-order valence-corrected chi connectivity index (χ1v) is 9.55. The van der Waals surface area contributed by atoms with Gasteiger partial charge in [-0.15, -0.1) is 10.2 Å². The van der Waals surface area contributed by atoms with E-state index in [1.54, 1.807) is 18.2 Å². The molecule has 1 amide bonds. The number of halogens is 5. The zero-order valence-corrected chi connectivity index (χ0v) is 17.6. The Hall–Kier alpha value is -2.96. The first-order valence-electron chi connectivity index (χ1n) is 8.39. The van der Waals surface area contributed by atoms with Crippen molar-refractivity contribution >= 4 is 52.1 Å². The van der Waals surface area contributed by atoms with Gasteiger partial charge in [-0.05, 0) is 53.8 Å². The summed E-state index contributed by atoms with van der Waals surface area (Å²) in [5.74, 6) is -0.370. The van der Waals surface area contributed by atoms with Gasteiger partial charge in [0.25, 0.3) is 5.91 Å². The van der Waals surface area contributed by atoms with E-state index < -0.39 is 17.6 Å². The number of thiocarbonyl (C=S) groups is 1. The third-order valence-corrected chi connectivity index (χ3v) is 4.74. The number of hydrazine groups is 1. The second-order valence-electron chi connectivity index (χ2n) is 5.95. The number of nitrogens with zero attached hydrogens (tertiary/aromatic N) is 4. The molecule has 0 aliphatic rings. The van der Waals surface area contributed by atoms with Crippen LogP contribution < -0.4 is 16.2 Å². The number of benzene rings is 2. The molecule has 0 aliphatic carbocycles. The lowest BCUT2D eigenvalue weighted by atomic mass is 10.2. The molecule has 3 aromatic rings. The zero-order chi connectivity index (χ0) is 22.6. The van der Waals surface area contributed by atoms with E-state index in [4.69, 9.17) is 35.4 Å². The van der Waals surface area contributed by atoms with Crippen molar-refractivity contribution in [3.63, 3.8) is 0 Å². The molecule has 8 nitrogen and oxygen atoms in total. The van der Waals surface area contributed by atoms with E-state index in [-0.39, 0.29) is 22.5 Å². The molecule has 0 unspecified atom stereocenters. The largest absolute Gasteiger partial charge is 0.416 e. The smallest absolute Gasteiger partial charge is 0.331 e. The number of alkyl halides is 3. The molecule has 3 N–H and O–H groups in total. The first-order chi connectivity index (χ1) is 14.6. The molecule has 14 heteroatoms. The number of nitrogens with one attached hydrogen (secondary N) is 3. The molecule has 0 fully saturated rings. The monoisotopic (exact) mass is 489 g/mol. The van der Waals surface area contributed by atoms with Gasteiger partial charge in [0, 0.05) is 11.3 Å². The normalized spacial score (nSPS) is 11.1. The van der Waals surface area contributed by atoms with Gasteiger partial charge < -0.3 is 5.32 Å². The fourth-order valence-electron chi connectivity index (χ4n) is 2.29. The van der Waals surface area contributed by atoms with Gasteiger partial charge in [0.2, 0.25) is 5.82 Å². The van der Waals surface area contributed by atoms with E-state index >= 15 is 0 Å². The number of anilines is 1. The lowest BCUT2D eigenvalue weighted by molar-refractivity contribution is -0.137. The van der Waals surface area contributed by atoms with E-state index in [1.807, 2.05) is 0 Å². The predicted octanol–water partition coefficient (Wildman–Crippen LogP) is 3.68. The van der Waals surface area contributed by atoms with Crippen LogP contribution in [0.15, 0.2) is 42.5 Å². The third kappa shape index (κ3) is 6.03. The Morgan fingerprint density at radius 3 is 2.48 bits per heavy atom. The van der Waals surface area contributed by atoms with Gasteiger partial charge in [-0.2, -0.15) is 18.0 Å². The standard InChI is InChI=1S/C17H12Cl2F3N7OS/c18-12-3-1-2-11(14(12)19)15-25-28-29(27-15)8-13(30)24-26-16(31)23-10-6-4-9(5-7-10)17(20,21)22/h1-7H,8H2,(H,24,30)(H2,23,26,31). The summed E-state index contributed by atoms with van der Waals surface area (Å²) >= 11 is 17.0. The fraction of sp³-hybridized carbons (Fsp3) is 0.118. The summed E-state index contributed by atoms with van der Waals surface area (Å²) in [4.78, 5) is 13.1. The topological polar surface area (TPSA) is 96.8 Å². The molecular formula is C17H12Cl2F3N7OS. The van der Waals surface area contributed by atoms with Crippen LogP contribution in [0.25, 0.3) is 11.4 Å². The Kier molecular flexibility index (Phi) is 6.93. The lowest BCUT2D eigenvalue weighted by Crippen LogP contribution is -2.45. The molecule has 2 aromatic carbocycles. The number of hydrogen-bond acceptors (Lipinski definition) is 5. The van der Waals surface area contributed by atoms with Crippen LogP contribution in [0.2, 0.25) is 10.0 Å². The van der Waals surface area contributed by atoms with Crippen molar-refractivity contribution in [1.29, 1.82) is 0 Å². The zero-order valence-electron chi connectivity index (χ0n) is 15.2. The van der Waals surface area contributed by atoms with E-state index in [0.717, 1.165) is 16.9 Å². The van der Waals surface area contributed by atoms with E-state index in [9.17, 15) is 18.0 Å². The van der Waals surface area contributed by atoms with Gasteiger partial charge >= 0.3 is 6.18 Å². The summed E-state index contributed by atoms with van der Waals surface area (Å²) < 4.78 is 37.7. The molecule has 0 saturated carbocycles. The van der Waals surface area contributed by atoms with Crippen LogP contribution in [-0.2, 0) is 17.5 Å². The van der Waals surface area contributed by atoms with Gasteiger partial charge in [0.15, 0.2) is 5.11 Å². The highest BCUT2D eigenvalue weighted by Crippen LogP contribution is 2.31. The van der Waals surface area contributed by atoms with Crippen molar-refractivity contribution in [3.8, 4) is 11.4 Å². The van der Waals surface area contributed by atoms with Gasteiger partial charge in [0.05, 0.1) is 15.6 Å². The Morgan fingerprint density at radius 2 is 1.81 bits per heavy atom. The molecule has 1 heterocycles. The third-order valence-electron chi connectivity index (χ3n) is 3.72. The van der Waals surface area contributed by atoms with Crippen LogP contribution in [0.3, 0.4) is 0 Å². The SMILES string of the molecule is O=C(Cn1nnc(-c2cccc(Cl)c2Cl)n1)NNC(=S)Nc1ccc(C(F)(F)F)cc1. The number of amides is 1. The molecule has 0 aliphatic heterocycles. The average molecular weight is 490 g/mol. The van der Waals surface area contributed by atoms with Crippen LogP contribution in [0.1, 0.15) is 5.56 Å². The number of rotatable bonds is 4. The maximum atomic E-state index is 12.6. The minimum Gasteiger partial charge on any atom is -0.331 e. The lowest BCUT2D eigenvalue weighted by Gasteiger charge is -2.12. The molecule has 0 spiro atoms. The van der Waals surface area contributed by atoms with Crippen molar-refractivity contribution in [2.75, 3.05) is 5.32 Å². The summed E-state index contributed by atoms with van der Waals surface area (Å²) in [5, 5.41) is 14.9. The van der Waals surface area contributed by atoms with Gasteiger partial charge in [-0.3, -0.25) is 15.6 Å². The molecule has 31 heavy (non-hydrogen) atoms. The Morgan fingerprint density at radius 1 is 1.10 bits per heavy atom. The van der Waals surface area contributed by atoms with Crippen molar-refractivity contribution < 1.29 is 18.0 Å². The van der Waals surface area contributed by atoms with Crippen LogP contribution in [-0.4, -0.2) is 31.2 Å². The van der Waals surface area contributed by atoms with Crippen molar-refractivity contribution in [2.24, 2.45) is 0 Å². The van der Waals surface area contributed by atoms with E-state index in [0.29, 0.717) is 16.3 Å². The summed E-state index contributed by atoms with van der Waals surface area (Å²) in [6, 6.07) is 9.17. The molecule has 0 radical (unpaired) electrons. The Labute approximate surface area is 188 Å². The van der Waals surface area contributed by atoms with Crippen LogP contribution in [0.4, 0.5) is 18.9 Å². The summed E-state index contributed by atoms with van der Waals surface area (Å²) in [7, 11) is 0. The summed E-state index contributed by atoms with van der Waals surface area (Å²) in [5.41, 5.74) is 4.71. The molecule has 162 valence electrons. The van der Waals surface area contributed by atoms with E-state index in [1.165, 1.54) is 12.1 Å². The Bertz CT molecular complexity index is 1110. The van der Waals surface area contributed by atoms with Gasteiger partial charge in [0.1, 0.15) is 6.54 Å². The van der Waals surface area contributed by atoms with Gasteiger partial charge in [-0.1, -0.05) is 29.3 Å². The number of hydrogen-bond donors (Lipinski definition) is 3. The van der Waals surface area contributed by atoms with Crippen LogP contribution in [0, 0.1) is 0 Å². The number of tetrazole rings is 1. The molecule has 1 aromatic heterocycles. The molecule has 0 atom stereocenters.